The lowest BCUT2D eigenvalue weighted by atomic mass is 9.57. The summed E-state index contributed by atoms with van der Waals surface area (Å²) in [6.45, 7) is 9.55. The molecular formula is C62H46BN2. The third kappa shape index (κ3) is 5.68. The second kappa shape index (κ2) is 13.9. The second-order valence-corrected chi connectivity index (χ2v) is 19.2. The molecule has 10 aromatic carbocycles. The van der Waals surface area contributed by atoms with Crippen molar-refractivity contribution in [3.05, 3.63) is 222 Å². The zero-order chi connectivity index (χ0) is 43.6. The van der Waals surface area contributed by atoms with Gasteiger partial charge in [-0.15, -0.1) is 0 Å². The van der Waals surface area contributed by atoms with Gasteiger partial charge in [-0.2, -0.15) is 0 Å². The predicted molar refractivity (Wildman–Crippen MR) is 277 cm³/mol. The van der Waals surface area contributed by atoms with Gasteiger partial charge in [0.25, 0.3) is 0 Å². The van der Waals surface area contributed by atoms with Crippen LogP contribution in [0.5, 0.6) is 0 Å². The summed E-state index contributed by atoms with van der Waals surface area (Å²) in [5.41, 5.74) is 23.4. The van der Waals surface area contributed by atoms with Crippen LogP contribution in [0.3, 0.4) is 0 Å². The van der Waals surface area contributed by atoms with Crippen LogP contribution in [0.4, 0.5) is 28.4 Å². The molecule has 0 fully saturated rings. The Morgan fingerprint density at radius 3 is 1.72 bits per heavy atom. The van der Waals surface area contributed by atoms with Crippen molar-refractivity contribution in [2.45, 2.75) is 38.5 Å². The van der Waals surface area contributed by atoms with Gasteiger partial charge in [0, 0.05) is 50.2 Å². The molecule has 2 nitrogen and oxygen atoms in total. The summed E-state index contributed by atoms with van der Waals surface area (Å²) < 4.78 is 0. The molecule has 0 saturated carbocycles. The molecular weight excluding hydrogens is 784 g/mol. The SMILES string of the molecule is CC1(C)c2ccccc2-c2ccc(N3c4cc5c(cc4[B]c4c(-c6cc7ccccc7cc6Nc6ccc(-c7ccccc7)cc6)cc6ccccc6c43)-c3ccccc3C5(C)C)cc21. The van der Waals surface area contributed by atoms with E-state index in [0.29, 0.717) is 0 Å². The molecule has 1 aliphatic heterocycles. The number of hydrogen-bond acceptors (Lipinski definition) is 2. The first-order valence-corrected chi connectivity index (χ1v) is 22.9. The highest BCUT2D eigenvalue weighted by Gasteiger charge is 2.40. The Morgan fingerprint density at radius 2 is 0.985 bits per heavy atom. The van der Waals surface area contributed by atoms with Gasteiger partial charge < -0.3 is 10.2 Å². The quantitative estimate of drug-likeness (QED) is 0.174. The molecule has 3 heteroatoms. The van der Waals surface area contributed by atoms with Crippen LogP contribution in [-0.4, -0.2) is 7.28 Å². The molecule has 0 aromatic heterocycles. The van der Waals surface area contributed by atoms with E-state index in [2.05, 4.69) is 245 Å². The molecule has 3 aliphatic rings. The van der Waals surface area contributed by atoms with Crippen LogP contribution in [0.15, 0.2) is 200 Å². The van der Waals surface area contributed by atoms with Crippen molar-refractivity contribution in [3.8, 4) is 44.5 Å². The standard InChI is InChI=1S/C62H46BN2/c1-61(2)52-24-14-12-22-46(52)48-31-30-44(35-54(48)61)65-58-37-55-49(47-23-13-15-25-53(47)62(55,3)4)36-56(58)63-59-51(33-42-20-10-11-21-45(42)60(59)65)50-32-40-18-8-9-19-41(40)34-57(50)64-43-28-26-39(27-29-43)38-16-6-5-7-17-38/h5-37,64H,1-4H3. The van der Waals surface area contributed by atoms with Crippen LogP contribution in [-0.2, 0) is 10.8 Å². The number of anilines is 5. The molecule has 10 aromatic rings. The Balaban J connectivity index is 1.06. The van der Waals surface area contributed by atoms with Gasteiger partial charge in [0.05, 0.1) is 0 Å². The molecule has 0 saturated heterocycles. The minimum Gasteiger partial charge on any atom is -0.355 e. The summed E-state index contributed by atoms with van der Waals surface area (Å²) in [6, 6.07) is 74.5. The number of nitrogens with one attached hydrogen (secondary N) is 1. The van der Waals surface area contributed by atoms with Gasteiger partial charge in [-0.25, -0.2) is 0 Å². The molecule has 0 spiro atoms. The van der Waals surface area contributed by atoms with E-state index in [4.69, 9.17) is 0 Å². The van der Waals surface area contributed by atoms with Crippen molar-refractivity contribution in [2.24, 2.45) is 0 Å². The average molecular weight is 830 g/mol. The highest BCUT2D eigenvalue weighted by molar-refractivity contribution is 6.74. The zero-order valence-electron chi connectivity index (χ0n) is 37.1. The van der Waals surface area contributed by atoms with Gasteiger partial charge in [-0.3, -0.25) is 0 Å². The third-order valence-corrected chi connectivity index (χ3v) is 14.8. The first-order chi connectivity index (χ1) is 31.7. The van der Waals surface area contributed by atoms with Crippen molar-refractivity contribution in [2.75, 3.05) is 10.2 Å². The lowest BCUT2D eigenvalue weighted by Gasteiger charge is -2.38. The summed E-state index contributed by atoms with van der Waals surface area (Å²) in [6.07, 6.45) is 0. The van der Waals surface area contributed by atoms with E-state index in [-0.39, 0.29) is 10.8 Å². The van der Waals surface area contributed by atoms with Gasteiger partial charge in [-0.05, 0) is 131 Å². The molecule has 1 N–H and O–H groups in total. The second-order valence-electron chi connectivity index (χ2n) is 19.2. The Morgan fingerprint density at radius 1 is 0.415 bits per heavy atom. The first kappa shape index (κ1) is 37.9. The fraction of sp³-hybridized carbons (Fsp3) is 0.0968. The molecule has 1 heterocycles. The molecule has 2 aliphatic carbocycles. The fourth-order valence-electron chi connectivity index (χ4n) is 11.5. The molecule has 13 rings (SSSR count). The van der Waals surface area contributed by atoms with Crippen LogP contribution in [0.25, 0.3) is 66.1 Å². The van der Waals surface area contributed by atoms with Crippen molar-refractivity contribution < 1.29 is 0 Å². The number of benzene rings is 10. The minimum absolute atomic E-state index is 0.147. The van der Waals surface area contributed by atoms with Gasteiger partial charge in [0.15, 0.2) is 7.28 Å². The summed E-state index contributed by atoms with van der Waals surface area (Å²) in [7, 11) is 2.48. The molecule has 0 bridgehead atoms. The largest absolute Gasteiger partial charge is 0.355 e. The van der Waals surface area contributed by atoms with Crippen LogP contribution in [0.2, 0.25) is 0 Å². The van der Waals surface area contributed by atoms with Gasteiger partial charge in [0.2, 0.25) is 0 Å². The van der Waals surface area contributed by atoms with Gasteiger partial charge in [-0.1, -0.05) is 185 Å². The van der Waals surface area contributed by atoms with Gasteiger partial charge >= 0.3 is 0 Å². The lowest BCUT2D eigenvalue weighted by Crippen LogP contribution is -2.41. The number of hydrogen-bond donors (Lipinski definition) is 1. The number of rotatable bonds is 5. The van der Waals surface area contributed by atoms with E-state index in [1.807, 2.05) is 0 Å². The topological polar surface area (TPSA) is 15.3 Å². The van der Waals surface area contributed by atoms with Crippen LogP contribution in [0, 0.1) is 0 Å². The maximum atomic E-state index is 3.93. The fourth-order valence-corrected chi connectivity index (χ4v) is 11.5. The third-order valence-electron chi connectivity index (χ3n) is 14.8. The smallest absolute Gasteiger partial charge is 0.197 e. The molecule has 0 amide bonds. The Hall–Kier alpha value is -7.62. The van der Waals surface area contributed by atoms with Crippen LogP contribution >= 0.6 is 0 Å². The van der Waals surface area contributed by atoms with Crippen LogP contribution in [0.1, 0.15) is 49.9 Å². The number of fused-ring (bicyclic) bond motifs is 11. The van der Waals surface area contributed by atoms with E-state index >= 15 is 0 Å². The van der Waals surface area contributed by atoms with Gasteiger partial charge in [0.1, 0.15) is 0 Å². The highest BCUT2D eigenvalue weighted by atomic mass is 15.2. The Labute approximate surface area is 382 Å². The average Bonchev–Trinajstić information content (AvgIpc) is 3.71. The van der Waals surface area contributed by atoms with Crippen molar-refractivity contribution in [1.29, 1.82) is 0 Å². The summed E-state index contributed by atoms with van der Waals surface area (Å²) in [5.74, 6) is 0. The minimum atomic E-state index is -0.149. The van der Waals surface area contributed by atoms with E-state index in [9.17, 15) is 0 Å². The Bertz CT molecular complexity index is 3600. The molecule has 0 unspecified atom stereocenters. The predicted octanol–water partition coefficient (Wildman–Crippen LogP) is 15.1. The lowest BCUT2D eigenvalue weighted by molar-refractivity contribution is 0.660. The summed E-state index contributed by atoms with van der Waals surface area (Å²) in [5, 5.41) is 8.77. The maximum absolute atomic E-state index is 3.93. The van der Waals surface area contributed by atoms with E-state index in [1.54, 1.807) is 0 Å². The number of nitrogens with zero attached hydrogens (tertiary/aromatic N) is 1. The highest BCUT2D eigenvalue weighted by Crippen LogP contribution is 2.54. The van der Waals surface area contributed by atoms with Crippen molar-refractivity contribution >= 4 is 68.2 Å². The van der Waals surface area contributed by atoms with E-state index in [1.165, 1.54) is 111 Å². The first-order valence-electron chi connectivity index (χ1n) is 22.9. The summed E-state index contributed by atoms with van der Waals surface area (Å²) in [4.78, 5) is 2.60. The molecule has 1 radical (unpaired) electrons. The van der Waals surface area contributed by atoms with E-state index in [0.717, 1.165) is 16.9 Å². The van der Waals surface area contributed by atoms with Crippen molar-refractivity contribution in [3.63, 3.8) is 0 Å². The van der Waals surface area contributed by atoms with Crippen molar-refractivity contribution in [1.82, 2.24) is 0 Å². The van der Waals surface area contributed by atoms with E-state index < -0.39 is 0 Å². The van der Waals surface area contributed by atoms with Crippen LogP contribution < -0.4 is 21.1 Å². The normalized spacial score (nSPS) is 14.5. The molecule has 65 heavy (non-hydrogen) atoms. The zero-order valence-corrected chi connectivity index (χ0v) is 37.1. The maximum Gasteiger partial charge on any atom is 0.197 e. The molecule has 307 valence electrons. The monoisotopic (exact) mass is 829 g/mol. The summed E-state index contributed by atoms with van der Waals surface area (Å²) >= 11 is 0. The molecule has 0 atom stereocenters. The Kier molecular flexibility index (Phi) is 8.13.